The number of rotatable bonds is 5. The Morgan fingerprint density at radius 2 is 1.92 bits per heavy atom. The molecule has 0 bridgehead atoms. The summed E-state index contributed by atoms with van der Waals surface area (Å²) in [5.74, 6) is 1.60. The summed E-state index contributed by atoms with van der Waals surface area (Å²) in [6.45, 7) is 7.83. The number of guanidine groups is 1. The van der Waals surface area contributed by atoms with E-state index in [0.29, 0.717) is 19.1 Å². The van der Waals surface area contributed by atoms with Crippen molar-refractivity contribution in [2.24, 2.45) is 10.9 Å². The van der Waals surface area contributed by atoms with Crippen LogP contribution in [-0.4, -0.2) is 80.3 Å². The van der Waals surface area contributed by atoms with Gasteiger partial charge < -0.3 is 25.2 Å². The van der Waals surface area contributed by atoms with Crippen molar-refractivity contribution < 1.29 is 9.53 Å². The van der Waals surface area contributed by atoms with Gasteiger partial charge in [-0.25, -0.2) is 4.79 Å². The zero-order chi connectivity index (χ0) is 17.9. The van der Waals surface area contributed by atoms with Crippen LogP contribution in [0.3, 0.4) is 0 Å². The lowest BCUT2D eigenvalue weighted by Gasteiger charge is -2.40. The Morgan fingerprint density at radius 1 is 1.32 bits per heavy atom. The van der Waals surface area contributed by atoms with E-state index < -0.39 is 5.60 Å². The molecule has 7 nitrogen and oxygen atoms in total. The molecule has 0 aromatic carbocycles. The summed E-state index contributed by atoms with van der Waals surface area (Å²) in [5.41, 5.74) is -0.447. The van der Waals surface area contributed by atoms with Crippen molar-refractivity contribution in [2.75, 3.05) is 40.8 Å². The number of nitrogens with zero attached hydrogens (tertiary/aromatic N) is 3. The van der Waals surface area contributed by atoms with E-state index in [1.807, 2.05) is 20.8 Å². The molecule has 0 radical (unpaired) electrons. The number of carbonyl (C=O) groups excluding carboxylic acids is 1. The van der Waals surface area contributed by atoms with Crippen molar-refractivity contribution in [1.82, 2.24) is 20.4 Å². The highest BCUT2D eigenvalue weighted by molar-refractivity contribution is 14.0. The summed E-state index contributed by atoms with van der Waals surface area (Å²) in [5, 5.41) is 6.79. The van der Waals surface area contributed by atoms with Crippen LogP contribution in [0.2, 0.25) is 0 Å². The maximum absolute atomic E-state index is 11.9. The number of ether oxygens (including phenoxy) is 1. The zero-order valence-electron chi connectivity index (χ0n) is 16.3. The van der Waals surface area contributed by atoms with E-state index in [1.165, 1.54) is 12.8 Å². The Hall–Kier alpha value is -0.770. The minimum absolute atomic E-state index is 0. The fraction of sp³-hybridized carbons (Fsp3) is 0.882. The minimum Gasteiger partial charge on any atom is -0.444 e. The number of likely N-dealkylation sites (N-methyl/N-ethyl adjacent to an activating group) is 1. The monoisotopic (exact) mass is 467 g/mol. The van der Waals surface area contributed by atoms with Crippen molar-refractivity contribution >= 4 is 36.0 Å². The first kappa shape index (κ1) is 22.3. The number of hydrogen-bond donors (Lipinski definition) is 2. The quantitative estimate of drug-likeness (QED) is 0.366. The van der Waals surface area contributed by atoms with Crippen molar-refractivity contribution in [1.29, 1.82) is 0 Å². The fourth-order valence-electron chi connectivity index (χ4n) is 2.89. The Bertz CT molecular complexity index is 466. The van der Waals surface area contributed by atoms with Crippen LogP contribution in [-0.2, 0) is 4.74 Å². The van der Waals surface area contributed by atoms with Crippen LogP contribution in [0.1, 0.15) is 33.6 Å². The number of aliphatic imine (C=N–C) groups is 1. The zero-order valence-corrected chi connectivity index (χ0v) is 18.7. The maximum Gasteiger partial charge on any atom is 0.410 e. The molecule has 25 heavy (non-hydrogen) atoms. The molecule has 2 fully saturated rings. The standard InChI is InChI=1S/C17H33N5O2.HI/c1-17(2,3)24-16(23)22-10-13(11-22)20-15(18-4)19-9-14(21(5)6)12-7-8-12;/h12-14H,7-11H2,1-6H3,(H2,18,19,20);1H. The van der Waals surface area contributed by atoms with Gasteiger partial charge in [0, 0.05) is 32.7 Å². The first-order valence-corrected chi connectivity index (χ1v) is 8.81. The van der Waals surface area contributed by atoms with E-state index in [1.54, 1.807) is 11.9 Å². The molecular formula is C17H34IN5O2. The highest BCUT2D eigenvalue weighted by atomic mass is 127. The molecule has 1 saturated heterocycles. The molecule has 1 aliphatic heterocycles. The van der Waals surface area contributed by atoms with E-state index in [4.69, 9.17) is 4.74 Å². The van der Waals surface area contributed by atoms with Gasteiger partial charge in [-0.3, -0.25) is 4.99 Å². The summed E-state index contributed by atoms with van der Waals surface area (Å²) in [7, 11) is 6.04. The van der Waals surface area contributed by atoms with Crippen LogP contribution in [0, 0.1) is 5.92 Å². The van der Waals surface area contributed by atoms with E-state index in [0.717, 1.165) is 18.4 Å². The van der Waals surface area contributed by atoms with Gasteiger partial charge in [-0.05, 0) is 53.6 Å². The Morgan fingerprint density at radius 3 is 2.36 bits per heavy atom. The van der Waals surface area contributed by atoms with Gasteiger partial charge in [-0.15, -0.1) is 24.0 Å². The predicted octanol–water partition coefficient (Wildman–Crippen LogP) is 1.73. The SMILES string of the molecule is CN=C(NCC(C1CC1)N(C)C)NC1CN(C(=O)OC(C)(C)C)C1.I. The molecule has 146 valence electrons. The van der Waals surface area contributed by atoms with Gasteiger partial charge in [-0.1, -0.05) is 0 Å². The highest BCUT2D eigenvalue weighted by Crippen LogP contribution is 2.34. The largest absolute Gasteiger partial charge is 0.444 e. The van der Waals surface area contributed by atoms with Gasteiger partial charge in [-0.2, -0.15) is 0 Å². The molecule has 0 spiro atoms. The topological polar surface area (TPSA) is 69.2 Å². The third-order valence-electron chi connectivity index (χ3n) is 4.41. The van der Waals surface area contributed by atoms with Crippen molar-refractivity contribution in [2.45, 2.75) is 51.3 Å². The van der Waals surface area contributed by atoms with Gasteiger partial charge in [0.15, 0.2) is 5.96 Å². The second kappa shape index (κ2) is 9.25. The molecule has 1 heterocycles. The normalized spacial score (nSPS) is 19.8. The predicted molar refractivity (Wildman–Crippen MR) is 112 cm³/mol. The van der Waals surface area contributed by atoms with Gasteiger partial charge in [0.1, 0.15) is 5.60 Å². The Labute approximate surface area is 169 Å². The summed E-state index contributed by atoms with van der Waals surface area (Å²) in [6.07, 6.45) is 2.40. The molecule has 0 aromatic rings. The second-order valence-electron chi connectivity index (χ2n) is 8.05. The lowest BCUT2D eigenvalue weighted by Crippen LogP contribution is -2.63. The van der Waals surface area contributed by atoms with Crippen LogP contribution in [0.15, 0.2) is 4.99 Å². The third-order valence-corrected chi connectivity index (χ3v) is 4.41. The number of halogens is 1. The molecule has 8 heteroatoms. The minimum atomic E-state index is -0.447. The number of amides is 1. The fourth-order valence-corrected chi connectivity index (χ4v) is 2.89. The lowest BCUT2D eigenvalue weighted by atomic mass is 10.1. The molecule has 1 unspecified atom stereocenters. The van der Waals surface area contributed by atoms with E-state index in [9.17, 15) is 4.79 Å². The summed E-state index contributed by atoms with van der Waals surface area (Å²) in [6, 6.07) is 0.769. The molecule has 1 atom stereocenters. The van der Waals surface area contributed by atoms with Crippen LogP contribution in [0.5, 0.6) is 0 Å². The Balaban J connectivity index is 0.00000312. The number of nitrogens with one attached hydrogen (secondary N) is 2. The van der Waals surface area contributed by atoms with E-state index in [-0.39, 0.29) is 36.1 Å². The molecular weight excluding hydrogens is 433 g/mol. The molecule has 1 aliphatic carbocycles. The van der Waals surface area contributed by atoms with Gasteiger partial charge in [0.2, 0.25) is 0 Å². The average molecular weight is 467 g/mol. The maximum atomic E-state index is 11.9. The lowest BCUT2D eigenvalue weighted by molar-refractivity contribution is 0.00700. The van der Waals surface area contributed by atoms with E-state index >= 15 is 0 Å². The first-order valence-electron chi connectivity index (χ1n) is 8.81. The Kier molecular flexibility index (Phi) is 8.24. The van der Waals surface area contributed by atoms with Gasteiger partial charge >= 0.3 is 6.09 Å². The van der Waals surface area contributed by atoms with Gasteiger partial charge in [0.25, 0.3) is 0 Å². The molecule has 2 aliphatic rings. The van der Waals surface area contributed by atoms with Crippen LogP contribution in [0.4, 0.5) is 4.79 Å². The molecule has 2 rings (SSSR count). The number of hydrogen-bond acceptors (Lipinski definition) is 4. The summed E-state index contributed by atoms with van der Waals surface area (Å²) < 4.78 is 5.37. The smallest absolute Gasteiger partial charge is 0.410 e. The average Bonchev–Trinajstić information content (AvgIpc) is 3.22. The summed E-state index contributed by atoms with van der Waals surface area (Å²) in [4.78, 5) is 20.2. The number of carbonyl (C=O) groups is 1. The second-order valence-corrected chi connectivity index (χ2v) is 8.05. The van der Waals surface area contributed by atoms with Crippen molar-refractivity contribution in [3.05, 3.63) is 0 Å². The molecule has 1 amide bonds. The van der Waals surface area contributed by atoms with Crippen LogP contribution < -0.4 is 10.6 Å². The highest BCUT2D eigenvalue weighted by Gasteiger charge is 2.35. The summed E-state index contributed by atoms with van der Waals surface area (Å²) >= 11 is 0. The third kappa shape index (κ3) is 7.16. The molecule has 0 aromatic heterocycles. The van der Waals surface area contributed by atoms with Crippen molar-refractivity contribution in [3.8, 4) is 0 Å². The first-order chi connectivity index (χ1) is 11.2. The molecule has 1 saturated carbocycles. The van der Waals surface area contributed by atoms with Gasteiger partial charge in [0.05, 0.1) is 6.04 Å². The molecule has 2 N–H and O–H groups in total. The van der Waals surface area contributed by atoms with E-state index in [2.05, 4.69) is 34.6 Å². The van der Waals surface area contributed by atoms with Crippen molar-refractivity contribution in [3.63, 3.8) is 0 Å². The van der Waals surface area contributed by atoms with Crippen LogP contribution in [0.25, 0.3) is 0 Å². The van der Waals surface area contributed by atoms with Crippen LogP contribution >= 0.6 is 24.0 Å². The number of likely N-dealkylation sites (tertiary alicyclic amines) is 1.